The van der Waals surface area contributed by atoms with Gasteiger partial charge in [-0.3, -0.25) is 4.84 Å². The Bertz CT molecular complexity index is 332. The highest BCUT2D eigenvalue weighted by molar-refractivity contribution is 5.01. The number of nitrogens with one attached hydrogen (secondary N) is 2. The van der Waals surface area contributed by atoms with Gasteiger partial charge >= 0.3 is 0 Å². The lowest BCUT2D eigenvalue weighted by Crippen LogP contribution is -2.44. The van der Waals surface area contributed by atoms with Crippen LogP contribution in [0.3, 0.4) is 0 Å². The average Bonchev–Trinajstić information content (AvgIpc) is 2.78. The molecule has 2 unspecified atom stereocenters. The van der Waals surface area contributed by atoms with E-state index in [2.05, 4.69) is 26.5 Å². The molecule has 0 spiro atoms. The highest BCUT2D eigenvalue weighted by atomic mass is 16.7. The quantitative estimate of drug-likeness (QED) is 0.693. The minimum atomic E-state index is 0.263. The summed E-state index contributed by atoms with van der Waals surface area (Å²) in [7, 11) is 0. The lowest BCUT2D eigenvalue weighted by Gasteiger charge is -2.34. The van der Waals surface area contributed by atoms with Gasteiger partial charge in [0.1, 0.15) is 11.9 Å². The first-order valence-corrected chi connectivity index (χ1v) is 5.56. The summed E-state index contributed by atoms with van der Waals surface area (Å²) in [6, 6.07) is 0.379. The lowest BCUT2D eigenvalue weighted by molar-refractivity contribution is -0.0813. The van der Waals surface area contributed by atoms with Crippen LogP contribution in [-0.2, 0) is 11.4 Å². The van der Waals surface area contributed by atoms with Crippen molar-refractivity contribution < 1.29 is 4.84 Å². The second-order valence-corrected chi connectivity index (χ2v) is 4.14. The third-order valence-corrected chi connectivity index (χ3v) is 3.17. The third-order valence-electron chi connectivity index (χ3n) is 3.17. The van der Waals surface area contributed by atoms with Gasteiger partial charge in [0, 0.05) is 25.5 Å². The molecule has 0 amide bonds. The highest BCUT2D eigenvalue weighted by Crippen LogP contribution is 2.24. The van der Waals surface area contributed by atoms with Crippen LogP contribution in [0, 0.1) is 0 Å². The molecule has 3 rings (SSSR count). The van der Waals surface area contributed by atoms with Crippen LogP contribution in [0.15, 0.2) is 12.4 Å². The molecular weight excluding hydrogens is 192 g/mol. The molecule has 3 heterocycles. The number of imidazole rings is 1. The van der Waals surface area contributed by atoms with E-state index >= 15 is 0 Å². The van der Waals surface area contributed by atoms with Crippen LogP contribution >= 0.6 is 0 Å². The van der Waals surface area contributed by atoms with Crippen molar-refractivity contribution >= 4 is 0 Å². The molecule has 2 aliphatic heterocycles. The smallest absolute Gasteiger partial charge is 0.123 e. The Kier molecular flexibility index (Phi) is 2.44. The summed E-state index contributed by atoms with van der Waals surface area (Å²) >= 11 is 0. The minimum Gasteiger partial charge on any atom is -0.327 e. The topological polar surface area (TPSA) is 51.1 Å². The van der Waals surface area contributed by atoms with E-state index in [1.54, 1.807) is 0 Å². The summed E-state index contributed by atoms with van der Waals surface area (Å²) in [5, 5.41) is 3.38. The Balaban J connectivity index is 1.82. The maximum absolute atomic E-state index is 5.61. The van der Waals surface area contributed by atoms with Crippen LogP contribution in [0.5, 0.6) is 0 Å². The first-order valence-electron chi connectivity index (χ1n) is 5.56. The Morgan fingerprint density at radius 3 is 3.40 bits per heavy atom. The lowest BCUT2D eigenvalue weighted by atomic mass is 10.0. The largest absolute Gasteiger partial charge is 0.327 e. The molecule has 0 aliphatic carbocycles. The molecule has 1 saturated heterocycles. The van der Waals surface area contributed by atoms with Gasteiger partial charge in [0.15, 0.2) is 0 Å². The zero-order valence-corrected chi connectivity index (χ0v) is 8.65. The van der Waals surface area contributed by atoms with Crippen LogP contribution in [0.25, 0.3) is 0 Å². The van der Waals surface area contributed by atoms with Crippen LogP contribution < -0.4 is 10.8 Å². The summed E-state index contributed by atoms with van der Waals surface area (Å²) in [5.41, 5.74) is 2.99. The number of hydroxylamine groups is 1. The Labute approximate surface area is 88.8 Å². The molecule has 15 heavy (non-hydrogen) atoms. The summed E-state index contributed by atoms with van der Waals surface area (Å²) in [6.45, 7) is 2.80. The number of rotatable bonds is 1. The van der Waals surface area contributed by atoms with Gasteiger partial charge in [-0.2, -0.15) is 0 Å². The molecule has 0 aromatic carbocycles. The Hall–Kier alpha value is -0.910. The van der Waals surface area contributed by atoms with E-state index in [1.165, 1.54) is 6.42 Å². The van der Waals surface area contributed by atoms with Gasteiger partial charge in [-0.25, -0.2) is 10.5 Å². The van der Waals surface area contributed by atoms with Gasteiger partial charge in [-0.1, -0.05) is 0 Å². The Morgan fingerprint density at radius 1 is 1.53 bits per heavy atom. The molecule has 2 aliphatic rings. The van der Waals surface area contributed by atoms with E-state index < -0.39 is 0 Å². The number of fused-ring (bicyclic) bond motifs is 1. The highest BCUT2D eigenvalue weighted by Gasteiger charge is 2.29. The summed E-state index contributed by atoms with van der Waals surface area (Å²) in [6.07, 6.45) is 6.49. The van der Waals surface area contributed by atoms with Gasteiger partial charge in [0.05, 0.1) is 12.6 Å². The van der Waals surface area contributed by atoms with Crippen molar-refractivity contribution in [3.05, 3.63) is 18.2 Å². The number of hydrogen-bond acceptors (Lipinski definition) is 4. The third kappa shape index (κ3) is 1.67. The van der Waals surface area contributed by atoms with Gasteiger partial charge < -0.3 is 9.88 Å². The van der Waals surface area contributed by atoms with E-state index in [9.17, 15) is 0 Å². The molecule has 5 nitrogen and oxygen atoms in total. The summed E-state index contributed by atoms with van der Waals surface area (Å²) in [4.78, 5) is 9.93. The SMILES string of the molecule is c1cn2c(n1)CNCC2C1CCCNO1. The van der Waals surface area contributed by atoms with Crippen molar-refractivity contribution in [3.63, 3.8) is 0 Å². The maximum Gasteiger partial charge on any atom is 0.123 e. The van der Waals surface area contributed by atoms with Crippen molar-refractivity contribution in [2.45, 2.75) is 31.5 Å². The maximum atomic E-state index is 5.61. The molecular formula is C10H16N4O. The van der Waals surface area contributed by atoms with Gasteiger partial charge in [0.2, 0.25) is 0 Å². The first kappa shape index (κ1) is 9.33. The van der Waals surface area contributed by atoms with E-state index in [1.807, 2.05) is 6.20 Å². The minimum absolute atomic E-state index is 0.263. The molecule has 0 bridgehead atoms. The number of hydrogen-bond donors (Lipinski definition) is 2. The second-order valence-electron chi connectivity index (χ2n) is 4.14. The van der Waals surface area contributed by atoms with Crippen molar-refractivity contribution in [1.82, 2.24) is 20.3 Å². The second kappa shape index (κ2) is 3.92. The molecule has 1 aromatic heterocycles. The van der Waals surface area contributed by atoms with E-state index in [4.69, 9.17) is 4.84 Å². The fourth-order valence-corrected chi connectivity index (χ4v) is 2.39. The predicted molar refractivity (Wildman–Crippen MR) is 55.1 cm³/mol. The summed E-state index contributed by atoms with van der Waals surface area (Å²) in [5.74, 6) is 1.11. The normalized spacial score (nSPS) is 31.2. The number of nitrogens with zero attached hydrogens (tertiary/aromatic N) is 2. The molecule has 2 N–H and O–H groups in total. The predicted octanol–water partition coefficient (Wildman–Crippen LogP) is 0.211. The van der Waals surface area contributed by atoms with Gasteiger partial charge in [0.25, 0.3) is 0 Å². The zero-order chi connectivity index (χ0) is 10.1. The monoisotopic (exact) mass is 208 g/mol. The molecule has 5 heteroatoms. The van der Waals surface area contributed by atoms with E-state index in [0.29, 0.717) is 6.04 Å². The summed E-state index contributed by atoms with van der Waals surface area (Å²) < 4.78 is 2.24. The fraction of sp³-hybridized carbons (Fsp3) is 0.700. The molecule has 1 fully saturated rings. The van der Waals surface area contributed by atoms with Crippen molar-refractivity contribution in [2.75, 3.05) is 13.1 Å². The fourth-order valence-electron chi connectivity index (χ4n) is 2.39. The molecule has 82 valence electrons. The molecule has 2 atom stereocenters. The Morgan fingerprint density at radius 2 is 2.53 bits per heavy atom. The molecule has 1 aromatic rings. The van der Waals surface area contributed by atoms with Crippen LogP contribution in [0.1, 0.15) is 24.7 Å². The zero-order valence-electron chi connectivity index (χ0n) is 8.65. The van der Waals surface area contributed by atoms with Crippen LogP contribution in [-0.4, -0.2) is 28.7 Å². The van der Waals surface area contributed by atoms with Crippen molar-refractivity contribution in [2.24, 2.45) is 0 Å². The van der Waals surface area contributed by atoms with E-state index in [-0.39, 0.29) is 6.10 Å². The van der Waals surface area contributed by atoms with Gasteiger partial charge in [-0.15, -0.1) is 0 Å². The van der Waals surface area contributed by atoms with Gasteiger partial charge in [-0.05, 0) is 12.8 Å². The van der Waals surface area contributed by atoms with Crippen molar-refractivity contribution in [1.29, 1.82) is 0 Å². The van der Waals surface area contributed by atoms with E-state index in [0.717, 1.165) is 31.9 Å². The standard InChI is InChI=1S/C10H16N4O/c1-2-9(15-13-3-1)8-6-11-7-10-12-4-5-14(8)10/h4-5,8-9,11,13H,1-3,6-7H2. The molecule has 0 saturated carbocycles. The number of aromatic nitrogens is 2. The molecule has 0 radical (unpaired) electrons. The average molecular weight is 208 g/mol. The van der Waals surface area contributed by atoms with Crippen LogP contribution in [0.4, 0.5) is 0 Å². The van der Waals surface area contributed by atoms with Crippen LogP contribution in [0.2, 0.25) is 0 Å². The first-order chi connectivity index (χ1) is 7.45. The van der Waals surface area contributed by atoms with Crippen molar-refractivity contribution in [3.8, 4) is 0 Å².